The predicted molar refractivity (Wildman–Crippen MR) is 145 cm³/mol. The highest BCUT2D eigenvalue weighted by Gasteiger charge is 2.16. The van der Waals surface area contributed by atoms with Gasteiger partial charge in [0.25, 0.3) is 0 Å². The maximum Gasteiger partial charge on any atom is 0.407 e. The maximum absolute atomic E-state index is 12.6. The van der Waals surface area contributed by atoms with Crippen LogP contribution >= 0.6 is 0 Å². The summed E-state index contributed by atoms with van der Waals surface area (Å²) in [6.45, 7) is 8.48. The van der Waals surface area contributed by atoms with Crippen LogP contribution in [-0.4, -0.2) is 61.0 Å². The number of rotatable bonds is 10. The molecule has 3 amide bonds. The molecule has 1 aliphatic rings. The van der Waals surface area contributed by atoms with Crippen molar-refractivity contribution < 1.29 is 23.5 Å². The van der Waals surface area contributed by atoms with Crippen LogP contribution in [0.15, 0.2) is 59.5 Å². The van der Waals surface area contributed by atoms with E-state index in [4.69, 9.17) is 13.9 Å². The Morgan fingerprint density at radius 3 is 2.61 bits per heavy atom. The van der Waals surface area contributed by atoms with Crippen LogP contribution in [0.3, 0.4) is 0 Å². The molecular weight excluding hydrogens is 486 g/mol. The Bertz CT molecular complexity index is 1190. The van der Waals surface area contributed by atoms with Gasteiger partial charge in [0.15, 0.2) is 12.2 Å². The lowest BCUT2D eigenvalue weighted by molar-refractivity contribution is 0.0266. The molecule has 3 N–H and O–H groups in total. The van der Waals surface area contributed by atoms with Gasteiger partial charge in [-0.05, 0) is 61.2 Å². The molecule has 0 spiro atoms. The lowest BCUT2D eigenvalue weighted by atomic mass is 10.1. The number of carbonyl (C=O) groups excluding carboxylic acids is 2. The molecule has 38 heavy (non-hydrogen) atoms. The molecule has 3 aromatic rings. The van der Waals surface area contributed by atoms with E-state index in [2.05, 4.69) is 25.8 Å². The number of hydrogen-bond acceptors (Lipinski definition) is 7. The predicted octanol–water partition coefficient (Wildman–Crippen LogP) is 5.02. The zero-order valence-corrected chi connectivity index (χ0v) is 21.9. The summed E-state index contributed by atoms with van der Waals surface area (Å²) in [7, 11) is 0. The molecule has 202 valence electrons. The zero-order chi connectivity index (χ0) is 26.7. The number of aryl methyl sites for hydroxylation is 1. The van der Waals surface area contributed by atoms with Crippen molar-refractivity contribution in [2.75, 3.05) is 43.5 Å². The molecule has 2 aromatic carbocycles. The van der Waals surface area contributed by atoms with Crippen molar-refractivity contribution in [3.05, 3.63) is 66.2 Å². The molecule has 0 aliphatic carbocycles. The Morgan fingerprint density at radius 1 is 1.11 bits per heavy atom. The van der Waals surface area contributed by atoms with Gasteiger partial charge in [0.2, 0.25) is 0 Å². The summed E-state index contributed by atoms with van der Waals surface area (Å²) < 4.78 is 16.4. The Kier molecular flexibility index (Phi) is 9.71. The first-order valence-electron chi connectivity index (χ1n) is 12.9. The summed E-state index contributed by atoms with van der Waals surface area (Å²) in [5.74, 6) is 0.672. The second-order valence-electron chi connectivity index (χ2n) is 9.21. The van der Waals surface area contributed by atoms with Crippen LogP contribution in [0.1, 0.15) is 30.9 Å². The van der Waals surface area contributed by atoms with Gasteiger partial charge >= 0.3 is 12.1 Å². The maximum atomic E-state index is 12.6. The molecule has 0 bridgehead atoms. The molecule has 1 fully saturated rings. The summed E-state index contributed by atoms with van der Waals surface area (Å²) in [5.41, 5.74) is 3.97. The van der Waals surface area contributed by atoms with Crippen LogP contribution in [0.2, 0.25) is 0 Å². The quantitative estimate of drug-likeness (QED) is 0.343. The van der Waals surface area contributed by atoms with Crippen molar-refractivity contribution in [2.24, 2.45) is 0 Å². The fourth-order valence-corrected chi connectivity index (χ4v) is 4.28. The largest absolute Gasteiger partial charge is 0.446 e. The highest BCUT2D eigenvalue weighted by atomic mass is 16.6. The number of urea groups is 1. The lowest BCUT2D eigenvalue weighted by Gasteiger charge is -2.28. The first kappa shape index (κ1) is 27.2. The van der Waals surface area contributed by atoms with Crippen molar-refractivity contribution in [3.63, 3.8) is 0 Å². The summed E-state index contributed by atoms with van der Waals surface area (Å²) >= 11 is 0. The molecular formula is C28H35N5O5. The average Bonchev–Trinajstić information content (AvgIpc) is 3.45. The number of morpholine rings is 1. The Hall–Kier alpha value is -3.89. The third-order valence-electron chi connectivity index (χ3n) is 6.40. The molecule has 1 aromatic heterocycles. The molecule has 1 atom stereocenters. The highest BCUT2D eigenvalue weighted by Crippen LogP contribution is 2.25. The van der Waals surface area contributed by atoms with Crippen LogP contribution < -0.4 is 16.0 Å². The van der Waals surface area contributed by atoms with Crippen molar-refractivity contribution in [2.45, 2.75) is 39.3 Å². The molecule has 1 saturated heterocycles. The number of hydrogen-bond donors (Lipinski definition) is 3. The molecule has 1 unspecified atom stereocenters. The van der Waals surface area contributed by atoms with Gasteiger partial charge in [-0.1, -0.05) is 19.1 Å². The van der Waals surface area contributed by atoms with E-state index in [0.29, 0.717) is 17.1 Å². The van der Waals surface area contributed by atoms with E-state index in [1.165, 1.54) is 6.39 Å². The standard InChI is InChI=1S/C28H35N5O5/c1-3-24(9-10-33-11-13-36-14-12-33)38-28(35)30-17-21-5-4-6-22(16-21)31-27(34)32-23-7-8-25(20(2)15-23)26-18-29-19-37-26/h4-8,15-16,18-19,24H,3,9-14,17H2,1-2H3,(H,30,35)(H2,31,32,34). The van der Waals surface area contributed by atoms with Crippen LogP contribution in [0.4, 0.5) is 21.0 Å². The van der Waals surface area contributed by atoms with E-state index in [1.807, 2.05) is 44.2 Å². The van der Waals surface area contributed by atoms with Crippen LogP contribution in [-0.2, 0) is 16.0 Å². The fourth-order valence-electron chi connectivity index (χ4n) is 4.28. The molecule has 1 aliphatic heterocycles. The Labute approximate surface area is 222 Å². The fraction of sp³-hybridized carbons (Fsp3) is 0.393. The number of benzene rings is 2. The summed E-state index contributed by atoms with van der Waals surface area (Å²) in [6, 6.07) is 12.5. The molecule has 4 rings (SSSR count). The SMILES string of the molecule is CCC(CCN1CCOCC1)OC(=O)NCc1cccc(NC(=O)Nc2ccc(-c3cnco3)c(C)c2)c1. The number of nitrogens with one attached hydrogen (secondary N) is 3. The van der Waals surface area contributed by atoms with Gasteiger partial charge in [0, 0.05) is 43.1 Å². The number of aromatic nitrogens is 1. The van der Waals surface area contributed by atoms with Crippen molar-refractivity contribution in [1.29, 1.82) is 0 Å². The zero-order valence-electron chi connectivity index (χ0n) is 21.9. The topological polar surface area (TPSA) is 118 Å². The van der Waals surface area contributed by atoms with Crippen molar-refractivity contribution >= 4 is 23.5 Å². The number of anilines is 2. The molecule has 10 heteroatoms. The Balaban J connectivity index is 1.23. The number of alkyl carbamates (subject to hydrolysis) is 1. The lowest BCUT2D eigenvalue weighted by Crippen LogP contribution is -2.38. The van der Waals surface area contributed by atoms with Crippen LogP contribution in [0, 0.1) is 6.92 Å². The first-order valence-corrected chi connectivity index (χ1v) is 12.9. The second-order valence-corrected chi connectivity index (χ2v) is 9.21. The van der Waals surface area contributed by atoms with E-state index in [-0.39, 0.29) is 18.7 Å². The summed E-state index contributed by atoms with van der Waals surface area (Å²) in [6.07, 6.45) is 4.01. The number of nitrogens with zero attached hydrogens (tertiary/aromatic N) is 2. The first-order chi connectivity index (χ1) is 18.5. The van der Waals surface area contributed by atoms with Crippen LogP contribution in [0.25, 0.3) is 11.3 Å². The minimum atomic E-state index is -0.445. The van der Waals surface area contributed by atoms with E-state index >= 15 is 0 Å². The van der Waals surface area contributed by atoms with Gasteiger partial charge in [0.05, 0.1) is 19.4 Å². The van der Waals surface area contributed by atoms with Gasteiger partial charge in [0.1, 0.15) is 6.10 Å². The van der Waals surface area contributed by atoms with Gasteiger partial charge in [-0.2, -0.15) is 0 Å². The van der Waals surface area contributed by atoms with Gasteiger partial charge in [-0.15, -0.1) is 0 Å². The Morgan fingerprint density at radius 2 is 1.89 bits per heavy atom. The third-order valence-corrected chi connectivity index (χ3v) is 6.40. The highest BCUT2D eigenvalue weighted by molar-refractivity contribution is 6.00. The van der Waals surface area contributed by atoms with Gasteiger partial charge in [-0.3, -0.25) is 4.90 Å². The summed E-state index contributed by atoms with van der Waals surface area (Å²) in [4.78, 5) is 31.2. The summed E-state index contributed by atoms with van der Waals surface area (Å²) in [5, 5.41) is 8.48. The number of amides is 3. The second kappa shape index (κ2) is 13.6. The molecule has 2 heterocycles. The minimum absolute atomic E-state index is 0.136. The van der Waals surface area contributed by atoms with Crippen molar-refractivity contribution in [1.82, 2.24) is 15.2 Å². The molecule has 0 saturated carbocycles. The average molecular weight is 522 g/mol. The smallest absolute Gasteiger partial charge is 0.407 e. The molecule has 0 radical (unpaired) electrons. The van der Waals surface area contributed by atoms with Crippen molar-refractivity contribution in [3.8, 4) is 11.3 Å². The van der Waals surface area contributed by atoms with Gasteiger partial charge < -0.3 is 29.8 Å². The number of carbonyl (C=O) groups is 2. The minimum Gasteiger partial charge on any atom is -0.446 e. The van der Waals surface area contributed by atoms with E-state index in [9.17, 15) is 9.59 Å². The van der Waals surface area contributed by atoms with Gasteiger partial charge in [-0.25, -0.2) is 14.6 Å². The van der Waals surface area contributed by atoms with E-state index < -0.39 is 6.09 Å². The van der Waals surface area contributed by atoms with Crippen LogP contribution in [0.5, 0.6) is 0 Å². The van der Waals surface area contributed by atoms with E-state index in [1.54, 1.807) is 18.3 Å². The van der Waals surface area contributed by atoms with E-state index in [0.717, 1.165) is 62.4 Å². The number of ether oxygens (including phenoxy) is 2. The third kappa shape index (κ3) is 8.06. The monoisotopic (exact) mass is 521 g/mol. The number of oxazole rings is 1. The normalized spacial score (nSPS) is 14.5. The molecule has 10 nitrogen and oxygen atoms in total.